The lowest BCUT2D eigenvalue weighted by molar-refractivity contribution is 0.132. The molecule has 2 saturated heterocycles. The molecule has 130 valence electrons. The molecule has 2 heterocycles. The Morgan fingerprint density at radius 2 is 1.27 bits per heavy atom. The maximum atomic E-state index is 2.75. The van der Waals surface area contributed by atoms with Gasteiger partial charge in [-0.3, -0.25) is 4.90 Å². The van der Waals surface area contributed by atoms with Crippen LogP contribution in [0.5, 0.6) is 0 Å². The number of rotatable bonds is 4. The van der Waals surface area contributed by atoms with E-state index in [1.54, 1.807) is 0 Å². The predicted molar refractivity (Wildman–Crippen MR) is 97.3 cm³/mol. The molecule has 0 aromatic carbocycles. The molecule has 0 amide bonds. The van der Waals surface area contributed by atoms with Crippen LogP contribution >= 0.6 is 0 Å². The molecule has 0 saturated carbocycles. The first kappa shape index (κ1) is 18.3. The van der Waals surface area contributed by atoms with Gasteiger partial charge in [0.1, 0.15) is 0 Å². The molecular weight excluding hydrogens is 268 g/mol. The summed E-state index contributed by atoms with van der Waals surface area (Å²) in [6.07, 6.45) is 4.10. The minimum atomic E-state index is 0.313. The second kappa shape index (κ2) is 5.77. The molecular formula is C20H40N2. The summed E-state index contributed by atoms with van der Waals surface area (Å²) < 4.78 is 0. The molecule has 0 aromatic rings. The summed E-state index contributed by atoms with van der Waals surface area (Å²) in [5.74, 6) is 0. The van der Waals surface area contributed by atoms with Crippen molar-refractivity contribution in [3.05, 3.63) is 0 Å². The van der Waals surface area contributed by atoms with Gasteiger partial charge in [-0.15, -0.1) is 0 Å². The van der Waals surface area contributed by atoms with E-state index in [1.165, 1.54) is 52.0 Å². The zero-order chi connectivity index (χ0) is 16.8. The third-order valence-corrected chi connectivity index (χ3v) is 6.28. The van der Waals surface area contributed by atoms with E-state index < -0.39 is 0 Å². The van der Waals surface area contributed by atoms with Gasteiger partial charge in [0.2, 0.25) is 0 Å². The van der Waals surface area contributed by atoms with Crippen LogP contribution in [0.25, 0.3) is 0 Å². The Balaban J connectivity index is 1.85. The monoisotopic (exact) mass is 308 g/mol. The van der Waals surface area contributed by atoms with Gasteiger partial charge in [0.15, 0.2) is 0 Å². The van der Waals surface area contributed by atoms with Gasteiger partial charge < -0.3 is 4.90 Å². The van der Waals surface area contributed by atoms with Gasteiger partial charge >= 0.3 is 0 Å². The van der Waals surface area contributed by atoms with Crippen LogP contribution in [0.3, 0.4) is 0 Å². The molecule has 2 aliphatic rings. The summed E-state index contributed by atoms with van der Waals surface area (Å²) in [5.41, 5.74) is 1.76. The van der Waals surface area contributed by atoms with Crippen molar-refractivity contribution in [1.29, 1.82) is 0 Å². The van der Waals surface area contributed by atoms with E-state index in [2.05, 4.69) is 65.2 Å². The van der Waals surface area contributed by atoms with Crippen molar-refractivity contribution in [3.63, 3.8) is 0 Å². The van der Waals surface area contributed by atoms with Crippen molar-refractivity contribution in [2.75, 3.05) is 32.7 Å². The van der Waals surface area contributed by atoms with Gasteiger partial charge in [-0.2, -0.15) is 0 Å². The molecule has 2 nitrogen and oxygen atoms in total. The van der Waals surface area contributed by atoms with E-state index >= 15 is 0 Å². The maximum Gasteiger partial charge on any atom is 0.0125 e. The number of hydrogen-bond acceptors (Lipinski definition) is 2. The number of fused-ring (bicyclic) bond motifs is 1. The maximum absolute atomic E-state index is 2.75. The summed E-state index contributed by atoms with van der Waals surface area (Å²) >= 11 is 0. The zero-order valence-corrected chi connectivity index (χ0v) is 16.6. The van der Waals surface area contributed by atoms with Crippen LogP contribution < -0.4 is 0 Å². The number of nitrogens with zero attached hydrogens (tertiary/aromatic N) is 2. The molecule has 2 heteroatoms. The lowest BCUT2D eigenvalue weighted by atomic mass is 9.71. The highest BCUT2D eigenvalue weighted by molar-refractivity contribution is 5.11. The minimum absolute atomic E-state index is 0.313. The van der Waals surface area contributed by atoms with E-state index in [1.807, 2.05) is 0 Å². The second-order valence-electron chi connectivity index (χ2n) is 10.9. The van der Waals surface area contributed by atoms with Crippen molar-refractivity contribution in [3.8, 4) is 0 Å². The molecule has 2 atom stereocenters. The molecule has 22 heavy (non-hydrogen) atoms. The highest BCUT2D eigenvalue weighted by Gasteiger charge is 2.58. The minimum Gasteiger partial charge on any atom is -0.302 e. The number of likely N-dealkylation sites (tertiary alicyclic amines) is 2. The Morgan fingerprint density at radius 1 is 0.773 bits per heavy atom. The Bertz CT molecular complexity index is 369. The molecule has 2 aliphatic heterocycles. The molecule has 0 unspecified atom stereocenters. The molecule has 0 spiro atoms. The number of hydrogen-bond donors (Lipinski definition) is 0. The van der Waals surface area contributed by atoms with E-state index in [9.17, 15) is 0 Å². The highest BCUT2D eigenvalue weighted by atomic mass is 15.3. The average molecular weight is 309 g/mol. The van der Waals surface area contributed by atoms with Crippen LogP contribution in [0, 0.1) is 16.2 Å². The van der Waals surface area contributed by atoms with E-state index in [4.69, 9.17) is 0 Å². The summed E-state index contributed by atoms with van der Waals surface area (Å²) in [6, 6.07) is 0. The summed E-state index contributed by atoms with van der Waals surface area (Å²) in [5, 5.41) is 0. The first-order valence-corrected chi connectivity index (χ1v) is 9.32. The number of unbranched alkanes of at least 4 members (excludes halogenated alkanes) is 1. The zero-order valence-electron chi connectivity index (χ0n) is 16.6. The van der Waals surface area contributed by atoms with Gasteiger partial charge in [0.05, 0.1) is 0 Å². The van der Waals surface area contributed by atoms with Gasteiger partial charge in [0.25, 0.3) is 0 Å². The quantitative estimate of drug-likeness (QED) is 0.698. The molecule has 0 N–H and O–H groups in total. The summed E-state index contributed by atoms with van der Waals surface area (Å²) in [4.78, 5) is 5.46. The van der Waals surface area contributed by atoms with Crippen molar-refractivity contribution < 1.29 is 0 Å². The van der Waals surface area contributed by atoms with Gasteiger partial charge in [-0.05, 0) is 45.6 Å². The van der Waals surface area contributed by atoms with Gasteiger partial charge in [-0.1, -0.05) is 41.0 Å². The van der Waals surface area contributed by atoms with Crippen LogP contribution in [0.15, 0.2) is 0 Å². The van der Waals surface area contributed by atoms with Crippen LogP contribution in [0.1, 0.15) is 74.7 Å². The molecule has 2 fully saturated rings. The first-order chi connectivity index (χ1) is 9.85. The standard InChI is InChI=1S/C20H40N2/c1-17(2,3)11-9-10-12-21-13-19(7)15-22(18(4,5)6)16-20(19,8)14-21/h9-16H2,1-8H3/t19-,20+. The Labute approximate surface area is 139 Å². The topological polar surface area (TPSA) is 6.48 Å². The third-order valence-electron chi connectivity index (χ3n) is 6.28. The Hall–Kier alpha value is -0.0800. The smallest absolute Gasteiger partial charge is 0.0125 e. The lowest BCUT2D eigenvalue weighted by Crippen LogP contribution is -2.43. The fourth-order valence-electron chi connectivity index (χ4n) is 4.43. The average Bonchev–Trinajstić information content (AvgIpc) is 2.67. The largest absolute Gasteiger partial charge is 0.302 e. The van der Waals surface area contributed by atoms with Gasteiger partial charge in [0, 0.05) is 42.5 Å². The van der Waals surface area contributed by atoms with Crippen LogP contribution in [-0.4, -0.2) is 48.1 Å². The van der Waals surface area contributed by atoms with Crippen molar-refractivity contribution in [2.24, 2.45) is 16.2 Å². The van der Waals surface area contributed by atoms with Crippen molar-refractivity contribution >= 4 is 0 Å². The molecule has 0 aromatic heterocycles. The van der Waals surface area contributed by atoms with Crippen LogP contribution in [-0.2, 0) is 0 Å². The Morgan fingerprint density at radius 3 is 1.68 bits per heavy atom. The highest BCUT2D eigenvalue weighted by Crippen LogP contribution is 2.52. The summed E-state index contributed by atoms with van der Waals surface area (Å²) in [7, 11) is 0. The van der Waals surface area contributed by atoms with Crippen molar-refractivity contribution in [1.82, 2.24) is 9.80 Å². The van der Waals surface area contributed by atoms with Crippen LogP contribution in [0.4, 0.5) is 0 Å². The fourth-order valence-corrected chi connectivity index (χ4v) is 4.43. The van der Waals surface area contributed by atoms with Crippen LogP contribution in [0.2, 0.25) is 0 Å². The Kier molecular flexibility index (Phi) is 4.79. The third kappa shape index (κ3) is 3.87. The predicted octanol–water partition coefficient (Wildman–Crippen LogP) is 4.65. The molecule has 2 rings (SSSR count). The summed E-state index contributed by atoms with van der Waals surface area (Å²) in [6.45, 7) is 25.7. The normalized spacial score (nSPS) is 34.4. The molecule has 0 bridgehead atoms. The molecule has 0 aliphatic carbocycles. The van der Waals surface area contributed by atoms with Gasteiger partial charge in [-0.25, -0.2) is 0 Å². The molecule has 0 radical (unpaired) electrons. The lowest BCUT2D eigenvalue weighted by Gasteiger charge is -2.34. The van der Waals surface area contributed by atoms with E-state index in [0.29, 0.717) is 21.8 Å². The van der Waals surface area contributed by atoms with E-state index in [-0.39, 0.29) is 0 Å². The SMILES string of the molecule is CC(C)(C)CCCCN1C[C@@]2(C)CN(C(C)(C)C)C[C@@]2(C)C1. The second-order valence-corrected chi connectivity index (χ2v) is 10.9. The fraction of sp³-hybridized carbons (Fsp3) is 1.00. The first-order valence-electron chi connectivity index (χ1n) is 9.32. The van der Waals surface area contributed by atoms with Crippen molar-refractivity contribution in [2.45, 2.75) is 80.2 Å². The van der Waals surface area contributed by atoms with E-state index in [0.717, 1.165) is 0 Å².